The van der Waals surface area contributed by atoms with Crippen LogP contribution in [0.2, 0.25) is 0 Å². The predicted molar refractivity (Wildman–Crippen MR) is 44.9 cm³/mol. The second-order valence-corrected chi connectivity index (χ2v) is 2.21. The number of hydrogen-bond acceptors (Lipinski definition) is 2. The Hall–Kier alpha value is -0.370. The van der Waals surface area contributed by atoms with Crippen LogP contribution in [0.1, 0.15) is 40.0 Å². The lowest BCUT2D eigenvalue weighted by Gasteiger charge is -1.90. The Balaban J connectivity index is 0. The van der Waals surface area contributed by atoms with E-state index in [1.54, 1.807) is 0 Å². The van der Waals surface area contributed by atoms with E-state index in [2.05, 4.69) is 13.8 Å². The molecule has 0 heterocycles. The summed E-state index contributed by atoms with van der Waals surface area (Å²) in [6.07, 6.45) is 4.13. The van der Waals surface area contributed by atoms with Crippen molar-refractivity contribution >= 4 is 6.29 Å². The third-order valence-corrected chi connectivity index (χ3v) is 1.15. The van der Waals surface area contributed by atoms with Gasteiger partial charge in [-0.2, -0.15) is 0 Å². The molecule has 10 heavy (non-hydrogen) atoms. The predicted octanol–water partition coefficient (Wildman–Crippen LogP) is 1.73. The molecule has 1 unspecified atom stereocenters. The zero-order valence-electron chi connectivity index (χ0n) is 7.26. The maximum Gasteiger partial charge on any atom is 0.136 e. The molecule has 62 valence electrons. The number of carbonyl (C=O) groups excluding carboxylic acids is 1. The molecular weight excluding hydrogens is 126 g/mol. The summed E-state index contributed by atoms with van der Waals surface area (Å²) in [5.41, 5.74) is 5.10. The van der Waals surface area contributed by atoms with Crippen LogP contribution in [0.5, 0.6) is 0 Å². The molecule has 0 radical (unpaired) electrons. The zero-order valence-corrected chi connectivity index (χ0v) is 7.26. The van der Waals surface area contributed by atoms with Crippen molar-refractivity contribution in [2.24, 2.45) is 5.73 Å². The second-order valence-electron chi connectivity index (χ2n) is 2.21. The average Bonchev–Trinajstić information content (AvgIpc) is 2.03. The Morgan fingerprint density at radius 3 is 1.70 bits per heavy atom. The first-order valence-corrected chi connectivity index (χ1v) is 3.93. The Labute approximate surface area is 63.8 Å². The third-order valence-electron chi connectivity index (χ3n) is 1.15. The van der Waals surface area contributed by atoms with Crippen LogP contribution < -0.4 is 5.73 Å². The first-order chi connectivity index (χ1) is 4.72. The van der Waals surface area contributed by atoms with Gasteiger partial charge >= 0.3 is 0 Å². The van der Waals surface area contributed by atoms with Crippen LogP contribution in [0.4, 0.5) is 0 Å². The molecule has 0 aromatic heterocycles. The highest BCUT2D eigenvalue weighted by Gasteiger charge is 1.89. The Morgan fingerprint density at radius 1 is 1.30 bits per heavy atom. The SMILES string of the molecule is CCC(N)C=O.CCCC. The minimum Gasteiger partial charge on any atom is -0.322 e. The van der Waals surface area contributed by atoms with Crippen molar-refractivity contribution in [1.29, 1.82) is 0 Å². The van der Waals surface area contributed by atoms with Crippen molar-refractivity contribution in [2.75, 3.05) is 0 Å². The molecule has 1 atom stereocenters. The first kappa shape index (κ1) is 12.3. The van der Waals surface area contributed by atoms with Crippen molar-refractivity contribution in [3.05, 3.63) is 0 Å². The smallest absolute Gasteiger partial charge is 0.136 e. The van der Waals surface area contributed by atoms with Gasteiger partial charge in [0.15, 0.2) is 0 Å². The molecule has 0 fully saturated rings. The highest BCUT2D eigenvalue weighted by molar-refractivity contribution is 5.56. The minimum absolute atomic E-state index is 0.245. The fraction of sp³-hybridized carbons (Fsp3) is 0.875. The third kappa shape index (κ3) is 15.6. The van der Waals surface area contributed by atoms with Gasteiger partial charge in [-0.1, -0.05) is 33.6 Å². The second kappa shape index (κ2) is 11.4. The van der Waals surface area contributed by atoms with Gasteiger partial charge in [-0.25, -0.2) is 0 Å². The van der Waals surface area contributed by atoms with Gasteiger partial charge in [-0.05, 0) is 6.42 Å². The van der Waals surface area contributed by atoms with E-state index in [0.717, 1.165) is 12.7 Å². The van der Waals surface area contributed by atoms with Gasteiger partial charge in [-0.3, -0.25) is 0 Å². The number of nitrogens with two attached hydrogens (primary N) is 1. The molecular formula is C8H19NO. The summed E-state index contributed by atoms with van der Waals surface area (Å²) < 4.78 is 0. The van der Waals surface area contributed by atoms with Gasteiger partial charge in [0, 0.05) is 0 Å². The first-order valence-electron chi connectivity index (χ1n) is 3.93. The fourth-order valence-corrected chi connectivity index (χ4v) is 0.0962. The van der Waals surface area contributed by atoms with Gasteiger partial charge in [0.1, 0.15) is 6.29 Å². The summed E-state index contributed by atoms with van der Waals surface area (Å²) in [4.78, 5) is 9.61. The van der Waals surface area contributed by atoms with E-state index in [9.17, 15) is 4.79 Å². The van der Waals surface area contributed by atoms with Crippen LogP contribution >= 0.6 is 0 Å². The molecule has 0 aliphatic heterocycles. The fourth-order valence-electron chi connectivity index (χ4n) is 0.0962. The monoisotopic (exact) mass is 145 g/mol. The van der Waals surface area contributed by atoms with Gasteiger partial charge in [0.2, 0.25) is 0 Å². The lowest BCUT2D eigenvalue weighted by molar-refractivity contribution is -0.108. The lowest BCUT2D eigenvalue weighted by atomic mass is 10.3. The summed E-state index contributed by atoms with van der Waals surface area (Å²) in [5, 5.41) is 0. The molecule has 2 nitrogen and oxygen atoms in total. The number of aldehydes is 1. The van der Waals surface area contributed by atoms with E-state index in [1.165, 1.54) is 12.8 Å². The molecule has 0 rings (SSSR count). The quantitative estimate of drug-likeness (QED) is 0.614. The molecule has 0 spiro atoms. The maximum absolute atomic E-state index is 9.61. The topological polar surface area (TPSA) is 43.1 Å². The molecule has 2 heteroatoms. The highest BCUT2D eigenvalue weighted by atomic mass is 16.1. The Morgan fingerprint density at radius 2 is 1.70 bits per heavy atom. The van der Waals surface area contributed by atoms with E-state index in [4.69, 9.17) is 5.73 Å². The van der Waals surface area contributed by atoms with Crippen LogP contribution in [0.15, 0.2) is 0 Å². The van der Waals surface area contributed by atoms with Crippen molar-refractivity contribution in [1.82, 2.24) is 0 Å². The summed E-state index contributed by atoms with van der Waals surface area (Å²) in [6.45, 7) is 6.24. The van der Waals surface area contributed by atoms with Crippen molar-refractivity contribution in [3.8, 4) is 0 Å². The molecule has 0 aliphatic carbocycles. The van der Waals surface area contributed by atoms with Crippen molar-refractivity contribution in [3.63, 3.8) is 0 Å². The van der Waals surface area contributed by atoms with Gasteiger partial charge in [0.25, 0.3) is 0 Å². The zero-order chi connectivity index (χ0) is 8.41. The van der Waals surface area contributed by atoms with E-state index in [1.807, 2.05) is 6.92 Å². The molecule has 0 saturated carbocycles. The minimum atomic E-state index is -0.245. The molecule has 0 amide bonds. The van der Waals surface area contributed by atoms with Crippen LogP contribution in [-0.4, -0.2) is 12.3 Å². The Kier molecular flexibility index (Phi) is 14.1. The van der Waals surface area contributed by atoms with E-state index >= 15 is 0 Å². The van der Waals surface area contributed by atoms with Gasteiger partial charge < -0.3 is 10.5 Å². The highest BCUT2D eigenvalue weighted by Crippen LogP contribution is 1.76. The Bertz CT molecular complexity index is 62.3. The largest absolute Gasteiger partial charge is 0.322 e. The van der Waals surface area contributed by atoms with Crippen molar-refractivity contribution in [2.45, 2.75) is 46.1 Å². The van der Waals surface area contributed by atoms with Crippen LogP contribution in [0, 0.1) is 0 Å². The van der Waals surface area contributed by atoms with Crippen LogP contribution in [0.3, 0.4) is 0 Å². The molecule has 0 aromatic rings. The van der Waals surface area contributed by atoms with Crippen molar-refractivity contribution < 1.29 is 4.79 Å². The lowest BCUT2D eigenvalue weighted by Crippen LogP contribution is -2.19. The standard InChI is InChI=1S/C4H9NO.C4H10/c1-2-4(5)3-6;1-3-4-2/h3-4H,2,5H2,1H3;3-4H2,1-2H3. The summed E-state index contributed by atoms with van der Waals surface area (Å²) >= 11 is 0. The molecule has 0 aliphatic rings. The number of rotatable bonds is 3. The number of carbonyl (C=O) groups is 1. The summed E-state index contributed by atoms with van der Waals surface area (Å²) in [5.74, 6) is 0. The molecule has 2 N–H and O–H groups in total. The van der Waals surface area contributed by atoms with E-state index in [0.29, 0.717) is 0 Å². The summed E-state index contributed by atoms with van der Waals surface area (Å²) in [7, 11) is 0. The number of unbranched alkanes of at least 4 members (excludes halogenated alkanes) is 1. The molecule has 0 aromatic carbocycles. The van der Waals surface area contributed by atoms with Gasteiger partial charge in [0.05, 0.1) is 6.04 Å². The normalized spacial score (nSPS) is 11.2. The van der Waals surface area contributed by atoms with E-state index in [-0.39, 0.29) is 6.04 Å². The van der Waals surface area contributed by atoms with Crippen LogP contribution in [0.25, 0.3) is 0 Å². The van der Waals surface area contributed by atoms with Gasteiger partial charge in [-0.15, -0.1) is 0 Å². The van der Waals surface area contributed by atoms with Crippen LogP contribution in [-0.2, 0) is 4.79 Å². The maximum atomic E-state index is 9.61. The number of hydrogen-bond donors (Lipinski definition) is 1. The molecule has 0 saturated heterocycles. The van der Waals surface area contributed by atoms with E-state index < -0.39 is 0 Å². The molecule has 0 bridgehead atoms. The average molecular weight is 145 g/mol. The summed E-state index contributed by atoms with van der Waals surface area (Å²) in [6, 6.07) is -0.245.